The maximum atomic E-state index is 12.4. The van der Waals surface area contributed by atoms with Crippen molar-refractivity contribution in [1.82, 2.24) is 9.80 Å². The Morgan fingerprint density at radius 2 is 1.88 bits per heavy atom. The molecule has 2 aliphatic heterocycles. The van der Waals surface area contributed by atoms with Gasteiger partial charge in [-0.25, -0.2) is 0 Å². The van der Waals surface area contributed by atoms with E-state index >= 15 is 0 Å². The number of carboxylic acids is 1. The van der Waals surface area contributed by atoms with Gasteiger partial charge in [-0.1, -0.05) is 42.2 Å². The molecule has 8 heteroatoms. The summed E-state index contributed by atoms with van der Waals surface area (Å²) >= 11 is 6.45. The largest absolute Gasteiger partial charge is 0.481 e. The Hall–Kier alpha value is -2.06. The number of aliphatic carboxylic acids is 1. The number of thioether (sulfide) groups is 1. The number of carbonyl (C=O) groups excluding carboxylic acids is 1. The van der Waals surface area contributed by atoms with Gasteiger partial charge < -0.3 is 14.9 Å². The maximum absolute atomic E-state index is 12.4. The number of hydrogen-bond donors (Lipinski definition) is 1. The van der Waals surface area contributed by atoms with E-state index in [1.165, 1.54) is 22.3 Å². The van der Waals surface area contributed by atoms with Gasteiger partial charge in [-0.05, 0) is 12.1 Å². The van der Waals surface area contributed by atoms with Crippen molar-refractivity contribution in [3.63, 3.8) is 0 Å². The highest BCUT2D eigenvalue weighted by Gasteiger charge is 2.33. The van der Waals surface area contributed by atoms with E-state index in [1.54, 1.807) is 0 Å². The van der Waals surface area contributed by atoms with Crippen LogP contribution in [-0.2, 0) is 9.59 Å². The standard InChI is InChI=1S/C17H19N3O3S2/c21-15(22)6-7-20-16(23)14(25-17(20)24)12-18-8-10-19(11-9-18)13-4-2-1-3-5-13/h1-5,12H,6-11H2,(H,21,22)/b14-12+. The number of rotatable bonds is 5. The highest BCUT2D eigenvalue weighted by Crippen LogP contribution is 2.31. The van der Waals surface area contributed by atoms with Gasteiger partial charge in [-0.3, -0.25) is 14.5 Å². The van der Waals surface area contributed by atoms with Gasteiger partial charge in [0.25, 0.3) is 5.91 Å². The van der Waals surface area contributed by atoms with Crippen LogP contribution in [0.25, 0.3) is 0 Å². The first-order valence-electron chi connectivity index (χ1n) is 8.06. The highest BCUT2D eigenvalue weighted by atomic mass is 32.2. The third kappa shape index (κ3) is 4.32. The fraction of sp³-hybridized carbons (Fsp3) is 0.353. The van der Waals surface area contributed by atoms with E-state index in [0.29, 0.717) is 9.23 Å². The average Bonchev–Trinajstić information content (AvgIpc) is 2.88. The van der Waals surface area contributed by atoms with Crippen molar-refractivity contribution in [2.24, 2.45) is 0 Å². The average molecular weight is 377 g/mol. The van der Waals surface area contributed by atoms with Crippen LogP contribution < -0.4 is 4.90 Å². The van der Waals surface area contributed by atoms with Gasteiger partial charge in [0.1, 0.15) is 4.32 Å². The Balaban J connectivity index is 1.58. The molecule has 0 aliphatic carbocycles. The lowest BCUT2D eigenvalue weighted by Gasteiger charge is -2.35. The van der Waals surface area contributed by atoms with Gasteiger partial charge >= 0.3 is 5.97 Å². The molecule has 1 aromatic rings. The molecule has 1 N–H and O–H groups in total. The molecule has 2 fully saturated rings. The zero-order valence-corrected chi connectivity index (χ0v) is 15.3. The topological polar surface area (TPSA) is 64.1 Å². The van der Waals surface area contributed by atoms with Gasteiger partial charge in [0.15, 0.2) is 0 Å². The van der Waals surface area contributed by atoms with Crippen LogP contribution in [-0.4, -0.2) is 63.8 Å². The molecular weight excluding hydrogens is 358 g/mol. The summed E-state index contributed by atoms with van der Waals surface area (Å²) in [5.41, 5.74) is 1.21. The highest BCUT2D eigenvalue weighted by molar-refractivity contribution is 8.26. The fourth-order valence-corrected chi connectivity index (χ4v) is 4.12. The lowest BCUT2D eigenvalue weighted by Crippen LogP contribution is -2.44. The number of anilines is 1. The second kappa shape index (κ2) is 7.88. The third-order valence-corrected chi connectivity index (χ3v) is 5.52. The summed E-state index contributed by atoms with van der Waals surface area (Å²) in [5, 5.41) is 8.78. The number of para-hydroxylation sites is 1. The van der Waals surface area contributed by atoms with Gasteiger partial charge in [0, 0.05) is 44.6 Å². The van der Waals surface area contributed by atoms with E-state index in [9.17, 15) is 9.59 Å². The molecule has 6 nitrogen and oxygen atoms in total. The molecule has 0 bridgehead atoms. The van der Waals surface area contributed by atoms with Gasteiger partial charge in [0.05, 0.1) is 11.3 Å². The van der Waals surface area contributed by atoms with Gasteiger partial charge in [-0.2, -0.15) is 0 Å². The Labute approximate surface area is 156 Å². The molecule has 25 heavy (non-hydrogen) atoms. The van der Waals surface area contributed by atoms with Crippen molar-refractivity contribution in [2.75, 3.05) is 37.6 Å². The number of hydrogen-bond acceptors (Lipinski definition) is 6. The molecule has 0 unspecified atom stereocenters. The smallest absolute Gasteiger partial charge is 0.305 e. The van der Waals surface area contributed by atoms with Crippen molar-refractivity contribution in [3.8, 4) is 0 Å². The quantitative estimate of drug-likeness (QED) is 0.622. The summed E-state index contributed by atoms with van der Waals surface area (Å²) in [4.78, 5) is 29.5. The van der Waals surface area contributed by atoms with E-state index in [0.717, 1.165) is 26.2 Å². The molecule has 132 valence electrons. The molecule has 1 amide bonds. The normalized spacial score (nSPS) is 19.8. The lowest BCUT2D eigenvalue weighted by atomic mass is 10.2. The molecule has 0 atom stereocenters. The minimum atomic E-state index is -0.935. The number of piperazine rings is 1. The van der Waals surface area contributed by atoms with E-state index in [4.69, 9.17) is 17.3 Å². The second-order valence-corrected chi connectivity index (χ2v) is 7.50. The number of amides is 1. The minimum Gasteiger partial charge on any atom is -0.481 e. The molecule has 0 saturated carbocycles. The molecule has 0 spiro atoms. The Kier molecular flexibility index (Phi) is 5.60. The zero-order chi connectivity index (χ0) is 17.8. The van der Waals surface area contributed by atoms with Crippen LogP contribution >= 0.6 is 24.0 Å². The summed E-state index contributed by atoms with van der Waals surface area (Å²) in [6.07, 6.45) is 1.76. The van der Waals surface area contributed by atoms with Crippen LogP contribution in [0.3, 0.4) is 0 Å². The molecule has 0 radical (unpaired) electrons. The van der Waals surface area contributed by atoms with E-state index in [1.807, 2.05) is 24.4 Å². The summed E-state index contributed by atoms with van der Waals surface area (Å²) in [5.74, 6) is -1.13. The molecule has 2 heterocycles. The van der Waals surface area contributed by atoms with Crippen LogP contribution in [0.1, 0.15) is 6.42 Å². The first-order valence-corrected chi connectivity index (χ1v) is 9.28. The second-order valence-electron chi connectivity index (χ2n) is 5.82. The Bertz CT molecular complexity index is 700. The van der Waals surface area contributed by atoms with E-state index < -0.39 is 5.97 Å². The van der Waals surface area contributed by atoms with Crippen molar-refractivity contribution >= 4 is 45.9 Å². The monoisotopic (exact) mass is 377 g/mol. The first-order chi connectivity index (χ1) is 12.0. The SMILES string of the molecule is O=C(O)CCN1C(=O)/C(=C\N2CCN(c3ccccc3)CC2)SC1=S. The molecule has 1 aromatic carbocycles. The summed E-state index contributed by atoms with van der Waals surface area (Å²) in [6.45, 7) is 3.56. The number of nitrogens with zero attached hydrogens (tertiary/aromatic N) is 3. The molecule has 0 aromatic heterocycles. The lowest BCUT2D eigenvalue weighted by molar-refractivity contribution is -0.137. The number of carboxylic acid groups (broad SMARTS) is 1. The van der Waals surface area contributed by atoms with Crippen LogP contribution in [0.5, 0.6) is 0 Å². The minimum absolute atomic E-state index is 0.102. The predicted molar refractivity (Wildman–Crippen MR) is 102 cm³/mol. The number of benzene rings is 1. The van der Waals surface area contributed by atoms with Crippen molar-refractivity contribution in [2.45, 2.75) is 6.42 Å². The van der Waals surface area contributed by atoms with Gasteiger partial charge in [0.2, 0.25) is 0 Å². The zero-order valence-electron chi connectivity index (χ0n) is 13.6. The van der Waals surface area contributed by atoms with Crippen molar-refractivity contribution in [3.05, 3.63) is 41.4 Å². The Morgan fingerprint density at radius 3 is 2.52 bits per heavy atom. The fourth-order valence-electron chi connectivity index (χ4n) is 2.80. The van der Waals surface area contributed by atoms with Crippen LogP contribution in [0.15, 0.2) is 41.4 Å². The van der Waals surface area contributed by atoms with Crippen LogP contribution in [0.2, 0.25) is 0 Å². The number of carbonyl (C=O) groups is 2. The maximum Gasteiger partial charge on any atom is 0.305 e. The molecular formula is C17H19N3O3S2. The predicted octanol–water partition coefficient (Wildman–Crippen LogP) is 1.98. The Morgan fingerprint density at radius 1 is 1.20 bits per heavy atom. The van der Waals surface area contributed by atoms with Crippen LogP contribution in [0.4, 0.5) is 5.69 Å². The van der Waals surface area contributed by atoms with Crippen molar-refractivity contribution in [1.29, 1.82) is 0 Å². The summed E-state index contributed by atoms with van der Waals surface area (Å²) < 4.78 is 0.431. The molecule has 3 rings (SSSR count). The van der Waals surface area contributed by atoms with Crippen molar-refractivity contribution < 1.29 is 14.7 Å². The first kappa shape index (κ1) is 17.8. The van der Waals surface area contributed by atoms with Crippen LogP contribution in [0, 0.1) is 0 Å². The number of thiocarbonyl (C=S) groups is 1. The molecule has 2 saturated heterocycles. The van der Waals surface area contributed by atoms with E-state index in [-0.39, 0.29) is 18.9 Å². The van der Waals surface area contributed by atoms with E-state index in [2.05, 4.69) is 21.9 Å². The van der Waals surface area contributed by atoms with Gasteiger partial charge in [-0.15, -0.1) is 0 Å². The third-order valence-electron chi connectivity index (χ3n) is 4.16. The summed E-state index contributed by atoms with van der Waals surface area (Å²) in [6, 6.07) is 10.3. The summed E-state index contributed by atoms with van der Waals surface area (Å²) in [7, 11) is 0. The molecule has 2 aliphatic rings.